The van der Waals surface area contributed by atoms with Crippen LogP contribution in [0, 0.1) is 13.8 Å². The highest BCUT2D eigenvalue weighted by Gasteiger charge is 2.09. The summed E-state index contributed by atoms with van der Waals surface area (Å²) in [6.07, 6.45) is 6.83. The number of anilines is 1. The Balaban J connectivity index is 1.61. The van der Waals surface area contributed by atoms with Gasteiger partial charge >= 0.3 is 0 Å². The Kier molecular flexibility index (Phi) is 4.74. The molecule has 0 fully saturated rings. The third-order valence-corrected chi connectivity index (χ3v) is 3.87. The molecule has 6 heteroatoms. The van der Waals surface area contributed by atoms with Gasteiger partial charge in [-0.2, -0.15) is 5.10 Å². The molecule has 1 amide bonds. The Morgan fingerprint density at radius 3 is 2.71 bits per heavy atom. The lowest BCUT2D eigenvalue weighted by Gasteiger charge is -2.11. The molecule has 1 N–H and O–H groups in total. The van der Waals surface area contributed by atoms with Crippen molar-refractivity contribution in [2.24, 2.45) is 0 Å². The minimum atomic E-state index is 0.00379. The van der Waals surface area contributed by atoms with Crippen LogP contribution in [0.3, 0.4) is 0 Å². The van der Waals surface area contributed by atoms with Crippen molar-refractivity contribution in [2.45, 2.75) is 33.2 Å². The van der Waals surface area contributed by atoms with Gasteiger partial charge in [-0.05, 0) is 38.5 Å². The van der Waals surface area contributed by atoms with Crippen molar-refractivity contribution in [2.75, 3.05) is 5.32 Å². The second-order valence-corrected chi connectivity index (χ2v) is 5.74. The van der Waals surface area contributed by atoms with E-state index in [1.165, 1.54) is 0 Å². The van der Waals surface area contributed by atoms with Crippen LogP contribution in [0.1, 0.15) is 24.4 Å². The van der Waals surface area contributed by atoms with E-state index in [1.54, 1.807) is 10.9 Å². The fourth-order valence-corrected chi connectivity index (χ4v) is 2.59. The van der Waals surface area contributed by atoms with Gasteiger partial charge in [0.2, 0.25) is 5.91 Å². The molecule has 0 aliphatic heterocycles. The number of aromatic nitrogens is 4. The number of imidazole rings is 1. The molecule has 6 nitrogen and oxygen atoms in total. The van der Waals surface area contributed by atoms with E-state index in [1.807, 2.05) is 61.1 Å². The highest BCUT2D eigenvalue weighted by Crippen LogP contribution is 2.20. The molecule has 0 aliphatic rings. The zero-order chi connectivity index (χ0) is 16.9. The SMILES string of the molecule is Cc1ccn(-c2ccccc2NC(=O)CCCn2ccnc2C)n1. The highest BCUT2D eigenvalue weighted by atomic mass is 16.1. The lowest BCUT2D eigenvalue weighted by molar-refractivity contribution is -0.116. The van der Waals surface area contributed by atoms with Crippen LogP contribution in [0.25, 0.3) is 5.69 Å². The Morgan fingerprint density at radius 1 is 1.17 bits per heavy atom. The first-order valence-electron chi connectivity index (χ1n) is 8.03. The summed E-state index contributed by atoms with van der Waals surface area (Å²) in [6, 6.07) is 9.61. The summed E-state index contributed by atoms with van der Waals surface area (Å²) in [5.74, 6) is 0.971. The van der Waals surface area contributed by atoms with Crippen LogP contribution in [0.2, 0.25) is 0 Å². The van der Waals surface area contributed by atoms with Crippen molar-refractivity contribution in [1.82, 2.24) is 19.3 Å². The smallest absolute Gasteiger partial charge is 0.224 e. The van der Waals surface area contributed by atoms with Gasteiger partial charge in [-0.3, -0.25) is 4.79 Å². The molecule has 2 heterocycles. The first-order chi connectivity index (χ1) is 11.6. The number of aryl methyl sites for hydroxylation is 3. The van der Waals surface area contributed by atoms with E-state index in [9.17, 15) is 4.79 Å². The van der Waals surface area contributed by atoms with E-state index in [2.05, 4.69) is 15.4 Å². The molecule has 0 spiro atoms. The number of rotatable bonds is 6. The summed E-state index contributed by atoms with van der Waals surface area (Å²) in [7, 11) is 0. The zero-order valence-corrected chi connectivity index (χ0v) is 13.9. The van der Waals surface area contributed by atoms with Gasteiger partial charge in [-0.1, -0.05) is 12.1 Å². The minimum absolute atomic E-state index is 0.00379. The zero-order valence-electron chi connectivity index (χ0n) is 13.9. The van der Waals surface area contributed by atoms with Crippen molar-refractivity contribution in [3.63, 3.8) is 0 Å². The number of nitrogens with one attached hydrogen (secondary N) is 1. The van der Waals surface area contributed by atoms with Crippen molar-refractivity contribution in [3.8, 4) is 5.69 Å². The van der Waals surface area contributed by atoms with Gasteiger partial charge in [0, 0.05) is 31.6 Å². The molecule has 124 valence electrons. The van der Waals surface area contributed by atoms with Crippen LogP contribution >= 0.6 is 0 Å². The van der Waals surface area contributed by atoms with Crippen LogP contribution in [-0.2, 0) is 11.3 Å². The van der Waals surface area contributed by atoms with E-state index in [-0.39, 0.29) is 5.91 Å². The lowest BCUT2D eigenvalue weighted by Crippen LogP contribution is -2.14. The molecule has 2 aromatic heterocycles. The monoisotopic (exact) mass is 323 g/mol. The van der Waals surface area contributed by atoms with Gasteiger partial charge in [0.1, 0.15) is 5.82 Å². The van der Waals surface area contributed by atoms with Crippen molar-refractivity contribution in [1.29, 1.82) is 0 Å². The number of amides is 1. The molecule has 0 atom stereocenters. The third kappa shape index (κ3) is 3.71. The Bertz CT molecular complexity index is 833. The normalized spacial score (nSPS) is 10.8. The molecular formula is C18H21N5O. The van der Waals surface area contributed by atoms with E-state index in [4.69, 9.17) is 0 Å². The van der Waals surface area contributed by atoms with Gasteiger partial charge < -0.3 is 9.88 Å². The fourth-order valence-electron chi connectivity index (χ4n) is 2.59. The number of para-hydroxylation sites is 2. The minimum Gasteiger partial charge on any atom is -0.335 e. The highest BCUT2D eigenvalue weighted by molar-refractivity contribution is 5.92. The van der Waals surface area contributed by atoms with Crippen LogP contribution < -0.4 is 5.32 Å². The Labute approximate surface area is 141 Å². The van der Waals surface area contributed by atoms with Crippen molar-refractivity contribution >= 4 is 11.6 Å². The van der Waals surface area contributed by atoms with E-state index >= 15 is 0 Å². The Hall–Kier alpha value is -2.89. The lowest BCUT2D eigenvalue weighted by atomic mass is 10.2. The van der Waals surface area contributed by atoms with Gasteiger partial charge in [-0.25, -0.2) is 9.67 Å². The second-order valence-electron chi connectivity index (χ2n) is 5.74. The average molecular weight is 323 g/mol. The maximum absolute atomic E-state index is 12.2. The molecule has 0 aliphatic carbocycles. The molecule has 3 aromatic rings. The maximum Gasteiger partial charge on any atom is 0.224 e. The molecule has 0 radical (unpaired) electrons. The largest absolute Gasteiger partial charge is 0.335 e. The standard InChI is InChI=1S/C18H21N5O/c1-14-9-12-23(21-14)17-7-4-3-6-16(17)20-18(24)8-5-11-22-13-10-19-15(22)2/h3-4,6-7,9-10,12-13H,5,8,11H2,1-2H3,(H,20,24). The van der Waals surface area contributed by atoms with Crippen molar-refractivity contribution < 1.29 is 4.79 Å². The molecular weight excluding hydrogens is 302 g/mol. The summed E-state index contributed by atoms with van der Waals surface area (Å²) >= 11 is 0. The quantitative estimate of drug-likeness (QED) is 0.758. The topological polar surface area (TPSA) is 64.7 Å². The average Bonchev–Trinajstić information content (AvgIpc) is 3.17. The van der Waals surface area contributed by atoms with Gasteiger partial charge in [-0.15, -0.1) is 0 Å². The molecule has 0 bridgehead atoms. The van der Waals surface area contributed by atoms with Crippen LogP contribution in [0.15, 0.2) is 48.9 Å². The predicted octanol–water partition coefficient (Wildman–Crippen LogP) is 3.10. The third-order valence-electron chi connectivity index (χ3n) is 3.87. The molecule has 1 aromatic carbocycles. The number of hydrogen-bond acceptors (Lipinski definition) is 3. The maximum atomic E-state index is 12.2. The fraction of sp³-hybridized carbons (Fsp3) is 0.278. The van der Waals surface area contributed by atoms with Crippen LogP contribution in [0.5, 0.6) is 0 Å². The number of carbonyl (C=O) groups is 1. The van der Waals surface area contributed by atoms with Crippen LogP contribution in [-0.4, -0.2) is 25.2 Å². The van der Waals surface area contributed by atoms with E-state index in [0.29, 0.717) is 6.42 Å². The molecule has 0 saturated heterocycles. The van der Waals surface area contributed by atoms with E-state index < -0.39 is 0 Å². The first-order valence-corrected chi connectivity index (χ1v) is 8.03. The number of benzene rings is 1. The summed E-state index contributed by atoms with van der Waals surface area (Å²) in [6.45, 7) is 4.69. The summed E-state index contributed by atoms with van der Waals surface area (Å²) in [4.78, 5) is 16.4. The van der Waals surface area contributed by atoms with Crippen molar-refractivity contribution in [3.05, 3.63) is 60.4 Å². The summed E-state index contributed by atoms with van der Waals surface area (Å²) in [5.41, 5.74) is 2.57. The molecule has 0 unspecified atom stereocenters. The second kappa shape index (κ2) is 7.12. The van der Waals surface area contributed by atoms with E-state index in [0.717, 1.165) is 35.9 Å². The molecule has 0 saturated carbocycles. The number of nitrogens with zero attached hydrogens (tertiary/aromatic N) is 4. The number of carbonyl (C=O) groups excluding carboxylic acids is 1. The first kappa shape index (κ1) is 16.0. The molecule has 24 heavy (non-hydrogen) atoms. The van der Waals surface area contributed by atoms with Gasteiger partial charge in [0.25, 0.3) is 0 Å². The number of hydrogen-bond donors (Lipinski definition) is 1. The predicted molar refractivity (Wildman–Crippen MR) is 93.1 cm³/mol. The molecule has 3 rings (SSSR count). The summed E-state index contributed by atoms with van der Waals surface area (Å²) < 4.78 is 3.83. The van der Waals surface area contributed by atoms with Gasteiger partial charge in [0.15, 0.2) is 0 Å². The van der Waals surface area contributed by atoms with Crippen LogP contribution in [0.4, 0.5) is 5.69 Å². The summed E-state index contributed by atoms with van der Waals surface area (Å²) in [5, 5.41) is 7.40. The van der Waals surface area contributed by atoms with Gasteiger partial charge in [0.05, 0.1) is 17.1 Å². The Morgan fingerprint density at radius 2 is 2.00 bits per heavy atom.